The number of hydrogen-bond acceptors (Lipinski definition) is 5. The molecule has 2 aromatic carbocycles. The van der Waals surface area contributed by atoms with Crippen LogP contribution in [0.4, 0.5) is 5.69 Å². The molecule has 0 spiro atoms. The van der Waals surface area contributed by atoms with Crippen molar-refractivity contribution < 1.29 is 23.8 Å². The van der Waals surface area contributed by atoms with Crippen molar-refractivity contribution in [2.75, 3.05) is 4.90 Å². The minimum Gasteiger partial charge on any atom is -0.503 e. The Labute approximate surface area is 186 Å². The molecule has 32 heavy (non-hydrogen) atoms. The first kappa shape index (κ1) is 21.4. The summed E-state index contributed by atoms with van der Waals surface area (Å²) < 4.78 is 11.1. The molecule has 1 unspecified atom stereocenters. The maximum Gasteiger partial charge on any atom is 0.294 e. The maximum atomic E-state index is 13.3. The van der Waals surface area contributed by atoms with Gasteiger partial charge in [-0.25, -0.2) is 0 Å². The standard InChI is InChI=1S/C26H25NO5/c1-15(2)32-20-8-5-7-18(14-20)23-22(24(28)21-9-6-12-31-21)25(29)26(30)27(23)19-11-10-16(3)17(4)13-19/h5-15,23,29H,1-4H3. The number of carbonyl (C=O) groups excluding carboxylic acids is 2. The molecular weight excluding hydrogens is 406 g/mol. The maximum absolute atomic E-state index is 13.3. The smallest absolute Gasteiger partial charge is 0.294 e. The Kier molecular flexibility index (Phi) is 5.61. The zero-order valence-corrected chi connectivity index (χ0v) is 18.5. The number of anilines is 1. The topological polar surface area (TPSA) is 80.0 Å². The fourth-order valence-electron chi connectivity index (χ4n) is 3.86. The Morgan fingerprint density at radius 1 is 1.06 bits per heavy atom. The number of carbonyl (C=O) groups is 2. The molecule has 0 saturated heterocycles. The molecule has 1 amide bonds. The van der Waals surface area contributed by atoms with E-state index in [4.69, 9.17) is 9.15 Å². The van der Waals surface area contributed by atoms with Gasteiger partial charge >= 0.3 is 0 Å². The van der Waals surface area contributed by atoms with E-state index in [1.807, 2.05) is 58.0 Å². The largest absolute Gasteiger partial charge is 0.503 e. The monoisotopic (exact) mass is 431 g/mol. The summed E-state index contributed by atoms with van der Waals surface area (Å²) in [7, 11) is 0. The van der Waals surface area contributed by atoms with Crippen molar-refractivity contribution in [2.24, 2.45) is 0 Å². The summed E-state index contributed by atoms with van der Waals surface area (Å²) in [6.07, 6.45) is 1.34. The van der Waals surface area contributed by atoms with E-state index in [2.05, 4.69) is 0 Å². The number of rotatable bonds is 6. The highest BCUT2D eigenvalue weighted by molar-refractivity contribution is 6.20. The zero-order valence-electron chi connectivity index (χ0n) is 18.5. The molecule has 6 nitrogen and oxygen atoms in total. The molecular formula is C26H25NO5. The van der Waals surface area contributed by atoms with Gasteiger partial charge in [-0.3, -0.25) is 14.5 Å². The Balaban J connectivity index is 1.88. The van der Waals surface area contributed by atoms with Crippen LogP contribution in [0.2, 0.25) is 0 Å². The molecule has 1 aromatic heterocycles. The second-order valence-corrected chi connectivity index (χ2v) is 8.15. The van der Waals surface area contributed by atoms with Crippen molar-refractivity contribution in [2.45, 2.75) is 39.8 Å². The van der Waals surface area contributed by atoms with Crippen LogP contribution in [-0.2, 0) is 4.79 Å². The highest BCUT2D eigenvalue weighted by Gasteiger charge is 2.45. The normalized spacial score (nSPS) is 16.2. The Morgan fingerprint density at radius 2 is 1.84 bits per heavy atom. The van der Waals surface area contributed by atoms with E-state index < -0.39 is 23.5 Å². The molecule has 4 rings (SSSR count). The van der Waals surface area contributed by atoms with Gasteiger partial charge in [-0.05, 0) is 80.8 Å². The number of benzene rings is 2. The van der Waals surface area contributed by atoms with Crippen molar-refractivity contribution in [1.29, 1.82) is 0 Å². The summed E-state index contributed by atoms with van der Waals surface area (Å²) in [5.74, 6) is -1.08. The summed E-state index contributed by atoms with van der Waals surface area (Å²) in [4.78, 5) is 28.0. The highest BCUT2D eigenvalue weighted by atomic mass is 16.5. The lowest BCUT2D eigenvalue weighted by Crippen LogP contribution is -2.31. The van der Waals surface area contributed by atoms with Gasteiger partial charge in [-0.2, -0.15) is 0 Å². The highest BCUT2D eigenvalue weighted by Crippen LogP contribution is 2.43. The van der Waals surface area contributed by atoms with E-state index in [-0.39, 0.29) is 17.4 Å². The zero-order chi connectivity index (χ0) is 23.0. The molecule has 0 aliphatic carbocycles. The summed E-state index contributed by atoms with van der Waals surface area (Å²) in [6, 6.07) is 15.1. The van der Waals surface area contributed by atoms with E-state index >= 15 is 0 Å². The van der Waals surface area contributed by atoms with Crippen molar-refractivity contribution in [1.82, 2.24) is 0 Å². The van der Waals surface area contributed by atoms with Gasteiger partial charge in [0.1, 0.15) is 5.75 Å². The molecule has 1 aliphatic rings. The SMILES string of the molecule is Cc1ccc(N2C(=O)C(O)=C(C(=O)c3ccco3)C2c2cccc(OC(C)C)c2)cc1C. The number of Topliss-reactive ketones (excluding diaryl/α,β-unsaturated/α-hetero) is 1. The van der Waals surface area contributed by atoms with E-state index in [1.165, 1.54) is 17.2 Å². The summed E-state index contributed by atoms with van der Waals surface area (Å²) >= 11 is 0. The van der Waals surface area contributed by atoms with Crippen LogP contribution in [0.15, 0.2) is 76.6 Å². The van der Waals surface area contributed by atoms with Gasteiger partial charge in [0.15, 0.2) is 11.5 Å². The Morgan fingerprint density at radius 3 is 2.50 bits per heavy atom. The van der Waals surface area contributed by atoms with Gasteiger partial charge in [-0.1, -0.05) is 18.2 Å². The summed E-state index contributed by atoms with van der Waals surface area (Å²) in [5.41, 5.74) is 3.29. The fourth-order valence-corrected chi connectivity index (χ4v) is 3.86. The van der Waals surface area contributed by atoms with E-state index in [0.29, 0.717) is 17.0 Å². The third-order valence-corrected chi connectivity index (χ3v) is 5.51. The molecule has 0 bridgehead atoms. The molecule has 0 radical (unpaired) electrons. The van der Waals surface area contributed by atoms with Crippen LogP contribution in [0.3, 0.4) is 0 Å². The van der Waals surface area contributed by atoms with Crippen molar-refractivity contribution in [3.8, 4) is 5.75 Å². The first-order valence-corrected chi connectivity index (χ1v) is 10.5. The van der Waals surface area contributed by atoms with Crippen LogP contribution in [0.5, 0.6) is 5.75 Å². The first-order valence-electron chi connectivity index (χ1n) is 10.5. The third kappa shape index (κ3) is 3.80. The number of aryl methyl sites for hydroxylation is 2. The van der Waals surface area contributed by atoms with Gasteiger partial charge < -0.3 is 14.3 Å². The Hall–Kier alpha value is -3.80. The number of ketones is 1. The van der Waals surface area contributed by atoms with Gasteiger partial charge in [0.2, 0.25) is 5.78 Å². The summed E-state index contributed by atoms with van der Waals surface area (Å²) in [6.45, 7) is 7.78. The molecule has 6 heteroatoms. The van der Waals surface area contributed by atoms with Crippen LogP contribution in [0.25, 0.3) is 0 Å². The summed E-state index contributed by atoms with van der Waals surface area (Å²) in [5, 5.41) is 10.8. The van der Waals surface area contributed by atoms with Gasteiger partial charge in [-0.15, -0.1) is 0 Å². The molecule has 3 aromatic rings. The molecule has 1 atom stereocenters. The first-order chi connectivity index (χ1) is 15.3. The molecule has 1 N–H and O–H groups in total. The Bertz CT molecular complexity index is 1210. The predicted molar refractivity (Wildman–Crippen MR) is 121 cm³/mol. The third-order valence-electron chi connectivity index (χ3n) is 5.51. The number of amides is 1. The second kappa shape index (κ2) is 8.38. The second-order valence-electron chi connectivity index (χ2n) is 8.15. The van der Waals surface area contributed by atoms with Crippen molar-refractivity contribution in [3.63, 3.8) is 0 Å². The van der Waals surface area contributed by atoms with E-state index in [1.54, 1.807) is 18.2 Å². The average Bonchev–Trinajstić information content (AvgIpc) is 3.37. The number of ether oxygens (including phenoxy) is 1. The number of furan rings is 1. The average molecular weight is 431 g/mol. The number of aliphatic hydroxyl groups is 1. The lowest BCUT2D eigenvalue weighted by molar-refractivity contribution is -0.117. The molecule has 1 aliphatic heterocycles. The molecule has 0 saturated carbocycles. The van der Waals surface area contributed by atoms with Gasteiger partial charge in [0.25, 0.3) is 5.91 Å². The molecule has 164 valence electrons. The molecule has 2 heterocycles. The van der Waals surface area contributed by atoms with Crippen LogP contribution in [0, 0.1) is 13.8 Å². The van der Waals surface area contributed by atoms with Gasteiger partial charge in [0.05, 0.1) is 24.0 Å². The van der Waals surface area contributed by atoms with Crippen molar-refractivity contribution in [3.05, 3.63) is 94.6 Å². The van der Waals surface area contributed by atoms with Crippen LogP contribution in [0.1, 0.15) is 47.1 Å². The lowest BCUT2D eigenvalue weighted by atomic mass is 9.94. The minimum absolute atomic E-state index is 0.0233. The van der Waals surface area contributed by atoms with Gasteiger partial charge in [0, 0.05) is 5.69 Å². The predicted octanol–water partition coefficient (Wildman–Crippen LogP) is 5.47. The van der Waals surface area contributed by atoms with Crippen LogP contribution >= 0.6 is 0 Å². The van der Waals surface area contributed by atoms with Crippen LogP contribution in [-0.4, -0.2) is 22.9 Å². The number of hydrogen-bond donors (Lipinski definition) is 1. The minimum atomic E-state index is -0.835. The van der Waals surface area contributed by atoms with Crippen LogP contribution < -0.4 is 9.64 Å². The van der Waals surface area contributed by atoms with Crippen molar-refractivity contribution >= 4 is 17.4 Å². The lowest BCUT2D eigenvalue weighted by Gasteiger charge is -2.27. The number of aliphatic hydroxyl groups excluding tert-OH is 1. The molecule has 0 fully saturated rings. The van der Waals surface area contributed by atoms with E-state index in [9.17, 15) is 14.7 Å². The van der Waals surface area contributed by atoms with E-state index in [0.717, 1.165) is 11.1 Å². The fraction of sp³-hybridized carbons (Fsp3) is 0.231. The quantitative estimate of drug-likeness (QED) is 0.524. The number of nitrogens with zero attached hydrogens (tertiary/aromatic N) is 1.